The molecule has 2 saturated heterocycles. The summed E-state index contributed by atoms with van der Waals surface area (Å²) in [7, 11) is 3.10. The predicted molar refractivity (Wildman–Crippen MR) is 169 cm³/mol. The Hall–Kier alpha value is -3.67. The van der Waals surface area contributed by atoms with E-state index in [9.17, 15) is 30.3 Å². The maximum Gasteiger partial charge on any atom is 0.338 e. The van der Waals surface area contributed by atoms with E-state index >= 15 is 0 Å². The fourth-order valence-electron chi connectivity index (χ4n) is 5.44. The van der Waals surface area contributed by atoms with Crippen LogP contribution in [0, 0.1) is 0 Å². The summed E-state index contributed by atoms with van der Waals surface area (Å²) in [5, 5.41) is 54.7. The molecule has 49 heavy (non-hydrogen) atoms. The molecular weight excluding hydrogens is 644 g/mol. The molecule has 0 amide bonds. The van der Waals surface area contributed by atoms with E-state index in [0.717, 1.165) is 5.56 Å². The number of aliphatic hydroxyl groups excluding tert-OH is 5. The number of hydrogen-bond acceptors (Lipinski definition) is 14. The molecule has 0 unspecified atom stereocenters. The smallest absolute Gasteiger partial charge is 0.338 e. The minimum atomic E-state index is -1.80. The quantitative estimate of drug-likeness (QED) is 0.151. The van der Waals surface area contributed by atoms with Crippen molar-refractivity contribution in [1.29, 1.82) is 0 Å². The van der Waals surface area contributed by atoms with Gasteiger partial charge in [-0.15, -0.1) is 0 Å². The standard InChI is InChI=1S/C35H42O14/c1-42-23-12-8-20(9-13-23)16-44-18-25-28(37)31(32(34(41)47-25)45-17-21-10-14-24(43-2)15-11-21)49-35-30(39)29(38)27(36)26(48-35)19-46-33(40)22-6-4-3-5-7-22/h3-15,25-32,34-39,41H,16-19H2,1-2H3/t25-,26-,27+,28+,29+,30-,31+,32-,34-,35+/m1/s1. The molecule has 3 aromatic carbocycles. The van der Waals surface area contributed by atoms with Crippen LogP contribution >= 0.6 is 0 Å². The van der Waals surface area contributed by atoms with Gasteiger partial charge in [0.1, 0.15) is 66.9 Å². The van der Waals surface area contributed by atoms with E-state index in [2.05, 4.69) is 0 Å². The lowest BCUT2D eigenvalue weighted by atomic mass is 9.96. The summed E-state index contributed by atoms with van der Waals surface area (Å²) < 4.78 is 45.0. The molecule has 0 aromatic heterocycles. The molecular formula is C35H42O14. The zero-order chi connectivity index (χ0) is 34.9. The van der Waals surface area contributed by atoms with Crippen LogP contribution < -0.4 is 9.47 Å². The van der Waals surface area contributed by atoms with Gasteiger partial charge in [0, 0.05) is 0 Å². The van der Waals surface area contributed by atoms with Gasteiger partial charge in [0.05, 0.1) is 39.6 Å². The number of hydrogen-bond donors (Lipinski definition) is 5. The molecule has 5 N–H and O–H groups in total. The van der Waals surface area contributed by atoms with Crippen molar-refractivity contribution in [2.45, 2.75) is 74.6 Å². The van der Waals surface area contributed by atoms with Gasteiger partial charge in [0.15, 0.2) is 12.6 Å². The molecule has 2 aliphatic rings. The summed E-state index contributed by atoms with van der Waals surface area (Å²) in [6, 6.07) is 22.3. The van der Waals surface area contributed by atoms with Gasteiger partial charge in [-0.3, -0.25) is 0 Å². The number of carbonyl (C=O) groups excluding carboxylic acids is 1. The Kier molecular flexibility index (Phi) is 12.9. The molecule has 5 rings (SSSR count). The van der Waals surface area contributed by atoms with Crippen LogP contribution in [-0.2, 0) is 41.6 Å². The van der Waals surface area contributed by atoms with Crippen LogP contribution in [-0.4, -0.2) is 120 Å². The second kappa shape index (κ2) is 17.3. The summed E-state index contributed by atoms with van der Waals surface area (Å²) in [4.78, 5) is 12.5. The summed E-state index contributed by atoms with van der Waals surface area (Å²) >= 11 is 0. The van der Waals surface area contributed by atoms with Gasteiger partial charge in [-0.2, -0.15) is 0 Å². The van der Waals surface area contributed by atoms with E-state index in [4.69, 9.17) is 37.9 Å². The Balaban J connectivity index is 1.29. The van der Waals surface area contributed by atoms with Gasteiger partial charge in [-0.1, -0.05) is 42.5 Å². The molecule has 0 aliphatic carbocycles. The highest BCUT2D eigenvalue weighted by molar-refractivity contribution is 5.89. The molecule has 0 bridgehead atoms. The minimum Gasteiger partial charge on any atom is -0.497 e. The number of ether oxygens (including phenoxy) is 8. The second-order valence-corrected chi connectivity index (χ2v) is 11.6. The highest BCUT2D eigenvalue weighted by Crippen LogP contribution is 2.31. The third-order valence-electron chi connectivity index (χ3n) is 8.30. The van der Waals surface area contributed by atoms with Crippen molar-refractivity contribution in [1.82, 2.24) is 0 Å². The van der Waals surface area contributed by atoms with Crippen LogP contribution in [0.1, 0.15) is 21.5 Å². The molecule has 2 aliphatic heterocycles. The normalized spacial score (nSPS) is 30.0. The van der Waals surface area contributed by atoms with Gasteiger partial charge in [-0.05, 0) is 47.5 Å². The van der Waals surface area contributed by atoms with E-state index in [1.165, 1.54) is 7.11 Å². The summed E-state index contributed by atoms with van der Waals surface area (Å²) in [5.41, 5.74) is 1.79. The van der Waals surface area contributed by atoms with Crippen LogP contribution in [0.15, 0.2) is 78.9 Å². The molecule has 10 atom stereocenters. The fraction of sp³-hybridized carbons (Fsp3) is 0.457. The lowest BCUT2D eigenvalue weighted by molar-refractivity contribution is -0.361. The van der Waals surface area contributed by atoms with Crippen LogP contribution in [0.5, 0.6) is 11.5 Å². The van der Waals surface area contributed by atoms with E-state index in [1.54, 1.807) is 73.8 Å². The number of benzene rings is 3. The first-order valence-corrected chi connectivity index (χ1v) is 15.7. The van der Waals surface area contributed by atoms with Crippen molar-refractivity contribution in [3.63, 3.8) is 0 Å². The topological polar surface area (TPSA) is 192 Å². The van der Waals surface area contributed by atoms with E-state index in [0.29, 0.717) is 17.1 Å². The maximum atomic E-state index is 12.5. The molecule has 3 aromatic rings. The highest BCUT2D eigenvalue weighted by atomic mass is 16.7. The van der Waals surface area contributed by atoms with E-state index < -0.39 is 74.0 Å². The van der Waals surface area contributed by atoms with Gasteiger partial charge in [0.2, 0.25) is 0 Å². The van der Waals surface area contributed by atoms with Crippen LogP contribution in [0.4, 0.5) is 0 Å². The Morgan fingerprint density at radius 2 is 1.24 bits per heavy atom. The molecule has 0 saturated carbocycles. The highest BCUT2D eigenvalue weighted by Gasteiger charge is 2.51. The number of methoxy groups -OCH3 is 2. The van der Waals surface area contributed by atoms with Gasteiger partial charge in [0.25, 0.3) is 0 Å². The van der Waals surface area contributed by atoms with Crippen molar-refractivity contribution in [3.8, 4) is 11.5 Å². The first kappa shape index (κ1) is 36.6. The van der Waals surface area contributed by atoms with Crippen molar-refractivity contribution in [2.24, 2.45) is 0 Å². The second-order valence-electron chi connectivity index (χ2n) is 11.6. The van der Waals surface area contributed by atoms with E-state index in [1.807, 2.05) is 12.1 Å². The van der Waals surface area contributed by atoms with Gasteiger partial charge in [-0.25, -0.2) is 4.79 Å². The SMILES string of the molecule is COc1ccc(COC[C@H]2O[C@@H](O)[C@H](OCc3ccc(OC)cc3)[C@@H](O[C@@H]3O[C@H](COC(=O)c4ccccc4)[C@H](O)[C@H](O)[C@H]3O)[C@H]2O)cc1. The molecule has 14 heteroatoms. The van der Waals surface area contributed by atoms with Crippen molar-refractivity contribution >= 4 is 5.97 Å². The monoisotopic (exact) mass is 686 g/mol. The molecule has 0 radical (unpaired) electrons. The number of esters is 1. The van der Waals surface area contributed by atoms with Crippen LogP contribution in [0.25, 0.3) is 0 Å². The minimum absolute atomic E-state index is 0.0340. The molecule has 14 nitrogen and oxygen atoms in total. The molecule has 2 fully saturated rings. The molecule has 266 valence electrons. The van der Waals surface area contributed by atoms with Crippen molar-refractivity contribution in [3.05, 3.63) is 95.6 Å². The summed E-state index contributed by atoms with van der Waals surface area (Å²) in [5.74, 6) is 0.619. The molecule has 0 spiro atoms. The summed E-state index contributed by atoms with van der Waals surface area (Å²) in [6.45, 7) is -0.527. The average Bonchev–Trinajstić information content (AvgIpc) is 3.13. The lowest BCUT2D eigenvalue weighted by Gasteiger charge is -2.46. The zero-order valence-electron chi connectivity index (χ0n) is 27.0. The van der Waals surface area contributed by atoms with Crippen molar-refractivity contribution < 1.29 is 68.2 Å². The fourth-order valence-corrected chi connectivity index (χ4v) is 5.44. The zero-order valence-corrected chi connectivity index (χ0v) is 27.0. The Morgan fingerprint density at radius 3 is 1.86 bits per heavy atom. The number of aliphatic hydroxyl groups is 5. The first-order chi connectivity index (χ1) is 23.7. The van der Waals surface area contributed by atoms with Gasteiger partial charge < -0.3 is 63.4 Å². The largest absolute Gasteiger partial charge is 0.497 e. The van der Waals surface area contributed by atoms with Crippen molar-refractivity contribution in [2.75, 3.05) is 27.4 Å². The Bertz CT molecular complexity index is 1440. The first-order valence-electron chi connectivity index (χ1n) is 15.7. The molecule has 2 heterocycles. The lowest BCUT2D eigenvalue weighted by Crippen LogP contribution is -2.65. The van der Waals surface area contributed by atoms with E-state index in [-0.39, 0.29) is 25.4 Å². The summed E-state index contributed by atoms with van der Waals surface area (Å²) in [6.07, 6.45) is -15.1. The Morgan fingerprint density at radius 1 is 0.653 bits per heavy atom. The number of rotatable bonds is 14. The van der Waals surface area contributed by atoms with Crippen LogP contribution in [0.3, 0.4) is 0 Å². The number of carbonyl (C=O) groups is 1. The third-order valence-corrected chi connectivity index (χ3v) is 8.30. The predicted octanol–water partition coefficient (Wildman–Crippen LogP) is 0.934. The van der Waals surface area contributed by atoms with Gasteiger partial charge >= 0.3 is 5.97 Å². The third kappa shape index (κ3) is 9.32. The maximum absolute atomic E-state index is 12.5. The van der Waals surface area contributed by atoms with Crippen LogP contribution in [0.2, 0.25) is 0 Å². The average molecular weight is 687 g/mol. The Labute approximate surface area is 283 Å².